The molecule has 0 unspecified atom stereocenters. The highest BCUT2D eigenvalue weighted by Crippen LogP contribution is 2.35. The SMILES string of the molecule is COCc1cccc(NC(=O)[C@@H](C)N(c2ccc3c(c2)OCCO3)S(C)(=O)=O)c1. The fraction of sp³-hybridized carbons (Fsp3) is 0.350. The molecule has 0 aromatic heterocycles. The molecule has 0 fully saturated rings. The van der Waals surface area contributed by atoms with Gasteiger partial charge in [-0.05, 0) is 36.8 Å². The van der Waals surface area contributed by atoms with E-state index in [-0.39, 0.29) is 0 Å². The summed E-state index contributed by atoms with van der Waals surface area (Å²) in [5, 5.41) is 2.77. The summed E-state index contributed by atoms with van der Waals surface area (Å²) in [5.41, 5.74) is 1.78. The van der Waals surface area contributed by atoms with Crippen molar-refractivity contribution in [2.24, 2.45) is 0 Å². The summed E-state index contributed by atoms with van der Waals surface area (Å²) < 4.78 is 42.2. The van der Waals surface area contributed by atoms with Crippen molar-refractivity contribution < 1.29 is 27.4 Å². The van der Waals surface area contributed by atoms with Gasteiger partial charge in [-0.3, -0.25) is 9.10 Å². The number of rotatable bonds is 7. The summed E-state index contributed by atoms with van der Waals surface area (Å²) in [6.45, 7) is 2.75. The number of hydrogen-bond donors (Lipinski definition) is 1. The van der Waals surface area contributed by atoms with Crippen LogP contribution in [0.5, 0.6) is 11.5 Å². The highest BCUT2D eigenvalue weighted by atomic mass is 32.2. The number of nitrogens with zero attached hydrogens (tertiary/aromatic N) is 1. The van der Waals surface area contributed by atoms with Crippen molar-refractivity contribution in [3.05, 3.63) is 48.0 Å². The van der Waals surface area contributed by atoms with Crippen LogP contribution in [0.25, 0.3) is 0 Å². The van der Waals surface area contributed by atoms with Crippen LogP contribution in [0.3, 0.4) is 0 Å². The summed E-state index contributed by atoms with van der Waals surface area (Å²) in [7, 11) is -2.15. The summed E-state index contributed by atoms with van der Waals surface area (Å²) >= 11 is 0. The van der Waals surface area contributed by atoms with Crippen LogP contribution in [-0.4, -0.2) is 46.9 Å². The molecule has 0 radical (unpaired) electrons. The lowest BCUT2D eigenvalue weighted by Crippen LogP contribution is -2.45. The molecule has 8 nitrogen and oxygen atoms in total. The minimum atomic E-state index is -3.74. The Balaban J connectivity index is 1.85. The molecule has 0 bridgehead atoms. The molecule has 0 saturated carbocycles. The zero-order chi connectivity index (χ0) is 21.0. The largest absolute Gasteiger partial charge is 0.486 e. The van der Waals surface area contributed by atoms with Crippen molar-refractivity contribution in [1.82, 2.24) is 0 Å². The summed E-state index contributed by atoms with van der Waals surface area (Å²) in [4.78, 5) is 12.8. The fourth-order valence-electron chi connectivity index (χ4n) is 3.13. The Morgan fingerprint density at radius 1 is 1.17 bits per heavy atom. The second-order valence-electron chi connectivity index (χ2n) is 6.69. The molecule has 9 heteroatoms. The molecule has 0 spiro atoms. The van der Waals surface area contributed by atoms with Crippen LogP contribution in [0.1, 0.15) is 12.5 Å². The minimum absolute atomic E-state index is 0.326. The first-order chi connectivity index (χ1) is 13.8. The van der Waals surface area contributed by atoms with Crippen LogP contribution >= 0.6 is 0 Å². The van der Waals surface area contributed by atoms with Gasteiger partial charge >= 0.3 is 0 Å². The van der Waals surface area contributed by atoms with Crippen molar-refractivity contribution in [3.63, 3.8) is 0 Å². The van der Waals surface area contributed by atoms with Gasteiger partial charge in [0.05, 0.1) is 18.6 Å². The molecular formula is C20H24N2O6S. The van der Waals surface area contributed by atoms with Gasteiger partial charge < -0.3 is 19.5 Å². The van der Waals surface area contributed by atoms with Crippen LogP contribution in [0, 0.1) is 0 Å². The molecule has 1 N–H and O–H groups in total. The van der Waals surface area contributed by atoms with E-state index in [4.69, 9.17) is 14.2 Å². The Morgan fingerprint density at radius 3 is 2.59 bits per heavy atom. The monoisotopic (exact) mass is 420 g/mol. The number of benzene rings is 2. The lowest BCUT2D eigenvalue weighted by Gasteiger charge is -2.29. The van der Waals surface area contributed by atoms with Gasteiger partial charge in [-0.15, -0.1) is 0 Å². The molecule has 1 atom stereocenters. The number of methoxy groups -OCH3 is 1. The maximum Gasteiger partial charge on any atom is 0.247 e. The second-order valence-corrected chi connectivity index (χ2v) is 8.54. The van der Waals surface area contributed by atoms with Gasteiger partial charge in [-0.25, -0.2) is 8.42 Å². The average Bonchev–Trinajstić information content (AvgIpc) is 2.67. The number of anilines is 2. The Morgan fingerprint density at radius 2 is 1.90 bits per heavy atom. The number of hydrogen-bond acceptors (Lipinski definition) is 6. The molecule has 1 amide bonds. The zero-order valence-electron chi connectivity index (χ0n) is 16.5. The van der Waals surface area contributed by atoms with E-state index in [9.17, 15) is 13.2 Å². The van der Waals surface area contributed by atoms with Gasteiger partial charge in [0, 0.05) is 18.9 Å². The molecule has 2 aromatic carbocycles. The fourth-order valence-corrected chi connectivity index (χ4v) is 4.30. The number of nitrogens with one attached hydrogen (secondary N) is 1. The first kappa shape index (κ1) is 20.9. The topological polar surface area (TPSA) is 94.2 Å². The number of fused-ring (bicyclic) bond motifs is 1. The van der Waals surface area contributed by atoms with Crippen molar-refractivity contribution in [3.8, 4) is 11.5 Å². The average molecular weight is 420 g/mol. The third kappa shape index (κ3) is 4.99. The molecule has 0 saturated heterocycles. The maximum atomic E-state index is 12.8. The van der Waals surface area contributed by atoms with E-state index < -0.39 is 22.0 Å². The molecule has 2 aromatic rings. The highest BCUT2D eigenvalue weighted by Gasteiger charge is 2.30. The third-order valence-electron chi connectivity index (χ3n) is 4.37. The summed E-state index contributed by atoms with van der Waals surface area (Å²) in [6.07, 6.45) is 1.06. The molecule has 1 aliphatic rings. The predicted octanol–water partition coefficient (Wildman–Crippen LogP) is 2.40. The van der Waals surface area contributed by atoms with Gasteiger partial charge in [-0.2, -0.15) is 0 Å². The van der Waals surface area contributed by atoms with Gasteiger partial charge in [0.2, 0.25) is 15.9 Å². The van der Waals surface area contributed by atoms with Gasteiger partial charge in [0.15, 0.2) is 11.5 Å². The standard InChI is InChI=1S/C20H24N2O6S/c1-14(20(23)21-16-6-4-5-15(11-16)13-26-2)22(29(3,24)25)17-7-8-18-19(12-17)28-10-9-27-18/h4-8,11-12,14H,9-10,13H2,1-3H3,(H,21,23)/t14-/m1/s1. The van der Waals surface area contributed by atoms with Gasteiger partial charge in [-0.1, -0.05) is 12.1 Å². The molecule has 3 rings (SSSR count). The minimum Gasteiger partial charge on any atom is -0.486 e. The Bertz CT molecular complexity index is 992. The molecule has 1 aliphatic heterocycles. The van der Waals surface area contributed by atoms with Crippen LogP contribution in [0.2, 0.25) is 0 Å². The smallest absolute Gasteiger partial charge is 0.247 e. The second kappa shape index (κ2) is 8.71. The summed E-state index contributed by atoms with van der Waals surface area (Å²) in [5.74, 6) is 0.530. The normalized spacial score (nSPS) is 14.2. The van der Waals surface area contributed by atoms with Crippen LogP contribution in [0.4, 0.5) is 11.4 Å². The van der Waals surface area contributed by atoms with E-state index in [1.54, 1.807) is 43.5 Å². The van der Waals surface area contributed by atoms with Crippen molar-refractivity contribution in [2.45, 2.75) is 19.6 Å². The van der Waals surface area contributed by atoms with Gasteiger partial charge in [0.1, 0.15) is 19.3 Å². The molecule has 156 valence electrons. The van der Waals surface area contributed by atoms with Gasteiger partial charge in [0.25, 0.3) is 0 Å². The first-order valence-electron chi connectivity index (χ1n) is 9.07. The molecule has 29 heavy (non-hydrogen) atoms. The van der Waals surface area contributed by atoms with Crippen molar-refractivity contribution in [2.75, 3.05) is 36.2 Å². The number of carbonyl (C=O) groups excluding carboxylic acids is 1. The Kier molecular flexibility index (Phi) is 6.29. The van der Waals surface area contributed by atoms with Crippen LogP contribution in [0.15, 0.2) is 42.5 Å². The van der Waals surface area contributed by atoms with Crippen molar-refractivity contribution in [1.29, 1.82) is 0 Å². The van der Waals surface area contributed by atoms with E-state index in [1.807, 2.05) is 6.07 Å². The molecule has 0 aliphatic carbocycles. The van der Waals surface area contributed by atoms with Crippen LogP contribution in [-0.2, 0) is 26.2 Å². The maximum absolute atomic E-state index is 12.8. The Hall–Kier alpha value is -2.78. The van der Waals surface area contributed by atoms with E-state index in [2.05, 4.69) is 5.32 Å². The molecule has 1 heterocycles. The molecular weight excluding hydrogens is 396 g/mol. The van der Waals surface area contributed by atoms with E-state index in [0.717, 1.165) is 16.1 Å². The lowest BCUT2D eigenvalue weighted by atomic mass is 10.2. The zero-order valence-corrected chi connectivity index (χ0v) is 17.4. The lowest BCUT2D eigenvalue weighted by molar-refractivity contribution is -0.116. The quantitative estimate of drug-likeness (QED) is 0.739. The van der Waals surface area contributed by atoms with E-state index in [0.29, 0.717) is 42.7 Å². The predicted molar refractivity (Wildman–Crippen MR) is 110 cm³/mol. The highest BCUT2D eigenvalue weighted by molar-refractivity contribution is 7.92. The summed E-state index contributed by atoms with van der Waals surface area (Å²) in [6, 6.07) is 11.0. The van der Waals surface area contributed by atoms with Crippen molar-refractivity contribution >= 4 is 27.3 Å². The van der Waals surface area contributed by atoms with E-state index in [1.165, 1.54) is 6.92 Å². The number of sulfonamides is 1. The van der Waals surface area contributed by atoms with E-state index >= 15 is 0 Å². The third-order valence-corrected chi connectivity index (χ3v) is 5.62. The Labute approximate surface area is 170 Å². The van der Waals surface area contributed by atoms with Crippen LogP contribution < -0.4 is 19.1 Å². The number of carbonyl (C=O) groups is 1. The first-order valence-corrected chi connectivity index (χ1v) is 10.9. The number of ether oxygens (including phenoxy) is 3. The number of amides is 1.